The van der Waals surface area contributed by atoms with E-state index in [0.29, 0.717) is 19.0 Å². The summed E-state index contributed by atoms with van der Waals surface area (Å²) in [5.74, 6) is 0.812. The zero-order valence-electron chi connectivity index (χ0n) is 15.6. The number of aromatic nitrogens is 1. The Labute approximate surface area is 154 Å². The largest absolute Gasteiger partial charge is 0.478 e. The number of carbonyl (C=O) groups is 1. The van der Waals surface area contributed by atoms with Crippen LogP contribution in [-0.2, 0) is 16.0 Å². The van der Waals surface area contributed by atoms with E-state index < -0.39 is 5.60 Å². The summed E-state index contributed by atoms with van der Waals surface area (Å²) in [5, 5.41) is 3.12. The molecule has 0 aliphatic carbocycles. The molecule has 1 aliphatic heterocycles. The molecule has 0 spiro atoms. The number of rotatable bonds is 6. The summed E-state index contributed by atoms with van der Waals surface area (Å²) in [7, 11) is 0. The molecule has 5 nitrogen and oxygen atoms in total. The predicted octanol–water partition coefficient (Wildman–Crippen LogP) is 2.92. The van der Waals surface area contributed by atoms with Crippen molar-refractivity contribution in [3.8, 4) is 5.75 Å². The monoisotopic (exact) mass is 354 g/mol. The second kappa shape index (κ2) is 7.87. The summed E-state index contributed by atoms with van der Waals surface area (Å²) >= 11 is 0. The number of benzene rings is 1. The Morgan fingerprint density at radius 3 is 2.77 bits per heavy atom. The third-order valence-electron chi connectivity index (χ3n) is 4.67. The van der Waals surface area contributed by atoms with Crippen molar-refractivity contribution in [3.05, 3.63) is 59.9 Å². The molecule has 0 unspecified atom stereocenters. The summed E-state index contributed by atoms with van der Waals surface area (Å²) in [6.07, 6.45) is 4.43. The summed E-state index contributed by atoms with van der Waals surface area (Å²) < 4.78 is 11.6. The molecule has 138 valence electrons. The van der Waals surface area contributed by atoms with Crippen LogP contribution in [0.15, 0.2) is 48.8 Å². The summed E-state index contributed by atoms with van der Waals surface area (Å²) in [4.78, 5) is 16.9. The average Bonchev–Trinajstić information content (AvgIpc) is 3.02. The number of aryl methyl sites for hydroxylation is 1. The maximum absolute atomic E-state index is 12.8. The van der Waals surface area contributed by atoms with Gasteiger partial charge in [-0.25, -0.2) is 0 Å². The van der Waals surface area contributed by atoms with Gasteiger partial charge in [-0.3, -0.25) is 9.78 Å². The Kier molecular flexibility index (Phi) is 5.57. The third-order valence-corrected chi connectivity index (χ3v) is 4.67. The molecule has 0 saturated carbocycles. The molecule has 26 heavy (non-hydrogen) atoms. The van der Waals surface area contributed by atoms with Gasteiger partial charge in [0.1, 0.15) is 5.75 Å². The number of nitrogens with zero attached hydrogens (tertiary/aromatic N) is 1. The normalized spacial score (nSPS) is 20.0. The van der Waals surface area contributed by atoms with Crippen LogP contribution in [0.2, 0.25) is 0 Å². The van der Waals surface area contributed by atoms with E-state index in [1.54, 1.807) is 26.2 Å². The summed E-state index contributed by atoms with van der Waals surface area (Å²) in [5.41, 5.74) is 1.34. The molecule has 1 aromatic carbocycles. The SMILES string of the molecule is Cc1cccc(OC(C)(C)C(=O)N[C@H]2COC[C@H]2Cc2ccncc2)c1. The highest BCUT2D eigenvalue weighted by Gasteiger charge is 2.36. The highest BCUT2D eigenvalue weighted by molar-refractivity contribution is 5.85. The van der Waals surface area contributed by atoms with E-state index in [1.165, 1.54) is 5.56 Å². The number of carbonyl (C=O) groups excluding carboxylic acids is 1. The van der Waals surface area contributed by atoms with Crippen LogP contribution in [0, 0.1) is 12.8 Å². The van der Waals surface area contributed by atoms with Gasteiger partial charge in [0, 0.05) is 18.3 Å². The smallest absolute Gasteiger partial charge is 0.263 e. The molecule has 1 aromatic heterocycles. The van der Waals surface area contributed by atoms with Crippen LogP contribution < -0.4 is 10.1 Å². The molecular weight excluding hydrogens is 328 g/mol. The molecule has 1 saturated heterocycles. The van der Waals surface area contributed by atoms with Gasteiger partial charge >= 0.3 is 0 Å². The van der Waals surface area contributed by atoms with E-state index in [-0.39, 0.29) is 17.9 Å². The van der Waals surface area contributed by atoms with Crippen LogP contribution in [0.4, 0.5) is 0 Å². The zero-order chi connectivity index (χ0) is 18.6. The molecule has 2 aromatic rings. The van der Waals surface area contributed by atoms with Crippen LogP contribution in [0.1, 0.15) is 25.0 Å². The minimum Gasteiger partial charge on any atom is -0.478 e. The van der Waals surface area contributed by atoms with Gasteiger partial charge in [-0.15, -0.1) is 0 Å². The van der Waals surface area contributed by atoms with Crippen molar-refractivity contribution >= 4 is 5.91 Å². The van der Waals surface area contributed by atoms with Gasteiger partial charge in [0.15, 0.2) is 5.60 Å². The fourth-order valence-electron chi connectivity index (χ4n) is 3.14. The van der Waals surface area contributed by atoms with E-state index in [2.05, 4.69) is 10.3 Å². The molecule has 1 fully saturated rings. The Bertz CT molecular complexity index is 746. The van der Waals surface area contributed by atoms with Crippen molar-refractivity contribution in [1.82, 2.24) is 10.3 Å². The molecule has 3 rings (SSSR count). The molecule has 0 bridgehead atoms. The average molecular weight is 354 g/mol. The quantitative estimate of drug-likeness (QED) is 0.866. The van der Waals surface area contributed by atoms with E-state index in [9.17, 15) is 4.79 Å². The molecule has 1 N–H and O–H groups in total. The molecule has 2 heterocycles. The molecule has 1 amide bonds. The fraction of sp³-hybridized carbons (Fsp3) is 0.429. The number of nitrogens with one attached hydrogen (secondary N) is 1. The van der Waals surface area contributed by atoms with Gasteiger partial charge in [-0.05, 0) is 62.6 Å². The highest BCUT2D eigenvalue weighted by atomic mass is 16.5. The molecule has 5 heteroatoms. The highest BCUT2D eigenvalue weighted by Crippen LogP contribution is 2.22. The van der Waals surface area contributed by atoms with Crippen LogP contribution in [-0.4, -0.2) is 35.7 Å². The molecule has 1 aliphatic rings. The first kappa shape index (κ1) is 18.4. The maximum atomic E-state index is 12.8. The number of hydrogen-bond acceptors (Lipinski definition) is 4. The van der Waals surface area contributed by atoms with Crippen molar-refractivity contribution < 1.29 is 14.3 Å². The van der Waals surface area contributed by atoms with Gasteiger partial charge in [0.2, 0.25) is 0 Å². The maximum Gasteiger partial charge on any atom is 0.263 e. The second-order valence-electron chi connectivity index (χ2n) is 7.37. The van der Waals surface area contributed by atoms with Crippen molar-refractivity contribution in [2.24, 2.45) is 5.92 Å². The molecule has 2 atom stereocenters. The molecular formula is C21H26N2O3. The first-order valence-corrected chi connectivity index (χ1v) is 8.97. The van der Waals surface area contributed by atoms with E-state index in [0.717, 1.165) is 12.0 Å². The standard InChI is InChI=1S/C21H26N2O3/c1-15-5-4-6-18(11-15)26-21(2,3)20(24)23-19-14-25-13-17(19)12-16-7-9-22-10-8-16/h4-11,17,19H,12-14H2,1-3H3,(H,23,24)/t17-,19+/m1/s1. The van der Waals surface area contributed by atoms with Gasteiger partial charge < -0.3 is 14.8 Å². The van der Waals surface area contributed by atoms with Gasteiger partial charge in [-0.1, -0.05) is 12.1 Å². The Balaban J connectivity index is 1.62. The predicted molar refractivity (Wildman–Crippen MR) is 100 cm³/mol. The van der Waals surface area contributed by atoms with E-state index in [1.807, 2.05) is 43.3 Å². The number of ether oxygens (including phenoxy) is 2. The summed E-state index contributed by atoms with van der Waals surface area (Å²) in [6.45, 7) is 6.75. The first-order valence-electron chi connectivity index (χ1n) is 8.97. The Morgan fingerprint density at radius 1 is 1.27 bits per heavy atom. The lowest BCUT2D eigenvalue weighted by Crippen LogP contribution is -2.52. The Hall–Kier alpha value is -2.40. The molecule has 0 radical (unpaired) electrons. The van der Waals surface area contributed by atoms with Crippen LogP contribution in [0.25, 0.3) is 0 Å². The minimum absolute atomic E-state index is 0.0175. The third kappa shape index (κ3) is 4.61. The van der Waals surface area contributed by atoms with Gasteiger partial charge in [-0.2, -0.15) is 0 Å². The van der Waals surface area contributed by atoms with Crippen molar-refractivity contribution in [2.45, 2.75) is 38.8 Å². The topological polar surface area (TPSA) is 60.5 Å². The van der Waals surface area contributed by atoms with Crippen molar-refractivity contribution in [3.63, 3.8) is 0 Å². The van der Waals surface area contributed by atoms with Gasteiger partial charge in [0.05, 0.1) is 19.3 Å². The number of amides is 1. The minimum atomic E-state index is -0.961. The lowest BCUT2D eigenvalue weighted by atomic mass is 9.94. The van der Waals surface area contributed by atoms with E-state index in [4.69, 9.17) is 9.47 Å². The lowest BCUT2D eigenvalue weighted by Gasteiger charge is -2.28. The van der Waals surface area contributed by atoms with Crippen molar-refractivity contribution in [1.29, 1.82) is 0 Å². The second-order valence-corrected chi connectivity index (χ2v) is 7.37. The zero-order valence-corrected chi connectivity index (χ0v) is 15.6. The summed E-state index contributed by atoms with van der Waals surface area (Å²) in [6, 6.07) is 11.7. The van der Waals surface area contributed by atoms with Crippen LogP contribution in [0.3, 0.4) is 0 Å². The van der Waals surface area contributed by atoms with Crippen LogP contribution >= 0.6 is 0 Å². The Morgan fingerprint density at radius 2 is 2.04 bits per heavy atom. The lowest BCUT2D eigenvalue weighted by molar-refractivity contribution is -0.135. The fourth-order valence-corrected chi connectivity index (χ4v) is 3.14. The number of hydrogen-bond donors (Lipinski definition) is 1. The van der Waals surface area contributed by atoms with Gasteiger partial charge in [0.25, 0.3) is 5.91 Å². The number of pyridine rings is 1. The van der Waals surface area contributed by atoms with E-state index >= 15 is 0 Å². The van der Waals surface area contributed by atoms with Crippen molar-refractivity contribution in [2.75, 3.05) is 13.2 Å². The van der Waals surface area contributed by atoms with Crippen LogP contribution in [0.5, 0.6) is 5.75 Å². The first-order chi connectivity index (χ1) is 12.4.